The van der Waals surface area contributed by atoms with Gasteiger partial charge in [0.25, 0.3) is 0 Å². The van der Waals surface area contributed by atoms with Gasteiger partial charge in [0.2, 0.25) is 5.91 Å². The molecule has 210 valence electrons. The largest absolute Gasteiger partial charge is 0.479 e. The highest BCUT2D eigenvalue weighted by Crippen LogP contribution is 2.13. The molecule has 4 N–H and O–H groups in total. The topological polar surface area (TPSA) is 122 Å². The normalized spacial score (nSPS) is 14.8. The zero-order valence-electron chi connectivity index (χ0n) is 23.1. The van der Waals surface area contributed by atoms with Gasteiger partial charge in [0.15, 0.2) is 0 Å². The molecule has 1 aliphatic heterocycles. The van der Waals surface area contributed by atoms with Crippen molar-refractivity contribution in [1.82, 2.24) is 10.2 Å². The maximum atomic E-state index is 11.4. The molecular weight excluding hydrogens is 458 g/mol. The van der Waals surface area contributed by atoms with Crippen molar-refractivity contribution in [3.8, 4) is 0 Å². The summed E-state index contributed by atoms with van der Waals surface area (Å²) >= 11 is 0. The van der Waals surface area contributed by atoms with Crippen molar-refractivity contribution in [3.63, 3.8) is 0 Å². The fourth-order valence-electron chi connectivity index (χ4n) is 3.81. The molecule has 1 aliphatic rings. The summed E-state index contributed by atoms with van der Waals surface area (Å²) < 4.78 is 0. The second-order valence-corrected chi connectivity index (χ2v) is 9.64. The number of carbonyl (C=O) groups excluding carboxylic acids is 1. The van der Waals surface area contributed by atoms with E-state index in [0.29, 0.717) is 6.54 Å². The van der Waals surface area contributed by atoms with Gasteiger partial charge in [0.05, 0.1) is 6.54 Å². The van der Waals surface area contributed by atoms with E-state index >= 15 is 0 Å². The number of carboxylic acids is 1. The van der Waals surface area contributed by atoms with E-state index in [4.69, 9.17) is 10.2 Å². The quantitative estimate of drug-likeness (QED) is 0.176. The van der Waals surface area contributed by atoms with E-state index in [2.05, 4.69) is 34.3 Å². The van der Waals surface area contributed by atoms with Gasteiger partial charge in [0.1, 0.15) is 18.0 Å². The van der Waals surface area contributed by atoms with Gasteiger partial charge >= 0.3 is 5.97 Å². The first-order chi connectivity index (χ1) is 17.3. The summed E-state index contributed by atoms with van der Waals surface area (Å²) in [7, 11) is 0. The number of rotatable bonds is 20. The number of aliphatic hydroxyl groups is 2. The van der Waals surface area contributed by atoms with Crippen LogP contribution in [-0.2, 0) is 9.59 Å². The minimum absolute atomic E-state index is 0.314. The standard InChI is InChI=1S/C25H47N3O2.C3H6O3/c1-3-4-5-6-7-8-9-10-11-12-13-14-15-16-17-18-24-26-19-21-28(24)22-20-27-25(30)23(2)29;1-2(4)3(5)6/h17-18,23,29H,3-16,19-22H2,1-2H3,(H,27,30);2,4H,1H3,(H,5,6)/b18-17+;. The van der Waals surface area contributed by atoms with Crippen LogP contribution in [-0.4, -0.2) is 76.3 Å². The Bertz CT molecular complexity index is 620. The number of carbonyl (C=O) groups is 2. The fourth-order valence-corrected chi connectivity index (χ4v) is 3.81. The maximum Gasteiger partial charge on any atom is 0.332 e. The number of amidine groups is 1. The number of nitrogens with one attached hydrogen (secondary N) is 1. The maximum absolute atomic E-state index is 11.4. The Morgan fingerprint density at radius 3 is 1.89 bits per heavy atom. The minimum atomic E-state index is -1.23. The van der Waals surface area contributed by atoms with Crippen LogP contribution in [0.3, 0.4) is 0 Å². The molecule has 1 amide bonds. The second-order valence-electron chi connectivity index (χ2n) is 9.64. The van der Waals surface area contributed by atoms with E-state index in [1.807, 2.05) is 0 Å². The Kier molecular flexibility index (Phi) is 22.2. The Morgan fingerprint density at radius 1 is 0.917 bits per heavy atom. The van der Waals surface area contributed by atoms with Gasteiger partial charge < -0.3 is 25.5 Å². The Labute approximate surface area is 219 Å². The van der Waals surface area contributed by atoms with E-state index in [9.17, 15) is 14.7 Å². The van der Waals surface area contributed by atoms with Crippen molar-refractivity contribution in [3.05, 3.63) is 12.2 Å². The molecule has 1 rings (SSSR count). The summed E-state index contributed by atoms with van der Waals surface area (Å²) in [6, 6.07) is 0. The molecule has 0 aliphatic carbocycles. The zero-order chi connectivity index (χ0) is 27.0. The summed E-state index contributed by atoms with van der Waals surface area (Å²) in [5.41, 5.74) is 0. The molecule has 0 fully saturated rings. The third-order valence-electron chi connectivity index (χ3n) is 6.13. The highest BCUT2D eigenvalue weighted by atomic mass is 16.4. The SMILES string of the molecule is CC(O)C(=O)O.CCCCCCCCCCCCCCC/C=C/C1=NCCN1CCNC(=O)C(C)O. The number of hydrogen-bond donors (Lipinski definition) is 4. The van der Waals surface area contributed by atoms with Gasteiger partial charge in [-0.05, 0) is 32.8 Å². The van der Waals surface area contributed by atoms with Crippen LogP contribution >= 0.6 is 0 Å². The van der Waals surface area contributed by atoms with Gasteiger partial charge in [-0.3, -0.25) is 9.79 Å². The van der Waals surface area contributed by atoms with E-state index < -0.39 is 18.2 Å². The van der Waals surface area contributed by atoms with Crippen molar-refractivity contribution >= 4 is 17.7 Å². The predicted octanol–water partition coefficient (Wildman–Crippen LogP) is 4.69. The van der Waals surface area contributed by atoms with Crippen LogP contribution in [0.15, 0.2) is 17.1 Å². The molecule has 0 aromatic heterocycles. The molecule has 0 saturated heterocycles. The highest BCUT2D eigenvalue weighted by Gasteiger charge is 2.14. The minimum Gasteiger partial charge on any atom is -0.479 e. The average molecular weight is 512 g/mol. The number of unbranched alkanes of at least 4 members (excludes halogenated alkanes) is 13. The lowest BCUT2D eigenvalue weighted by molar-refractivity contribution is -0.145. The first-order valence-corrected chi connectivity index (χ1v) is 14.1. The molecule has 0 radical (unpaired) electrons. The lowest BCUT2D eigenvalue weighted by Crippen LogP contribution is -2.39. The molecule has 0 aromatic rings. The van der Waals surface area contributed by atoms with Crippen LogP contribution in [0.4, 0.5) is 0 Å². The van der Waals surface area contributed by atoms with Crippen LogP contribution in [0.1, 0.15) is 111 Å². The van der Waals surface area contributed by atoms with Crippen LogP contribution in [0.2, 0.25) is 0 Å². The number of allylic oxidation sites excluding steroid dienone is 1. The van der Waals surface area contributed by atoms with Gasteiger partial charge in [0, 0.05) is 19.6 Å². The van der Waals surface area contributed by atoms with Crippen LogP contribution < -0.4 is 5.32 Å². The number of aliphatic imine (C=N–C) groups is 1. The van der Waals surface area contributed by atoms with Gasteiger partial charge in [-0.2, -0.15) is 0 Å². The van der Waals surface area contributed by atoms with Crippen molar-refractivity contribution in [1.29, 1.82) is 0 Å². The Morgan fingerprint density at radius 2 is 1.42 bits per heavy atom. The summed E-state index contributed by atoms with van der Waals surface area (Å²) in [6.07, 6.45) is 21.4. The van der Waals surface area contributed by atoms with Crippen LogP contribution in [0.5, 0.6) is 0 Å². The number of aliphatic carboxylic acids is 1. The number of nitrogens with zero attached hydrogens (tertiary/aromatic N) is 2. The third-order valence-corrected chi connectivity index (χ3v) is 6.13. The predicted molar refractivity (Wildman–Crippen MR) is 147 cm³/mol. The Balaban J connectivity index is 0.00000181. The molecule has 2 unspecified atom stereocenters. The number of amides is 1. The lowest BCUT2D eigenvalue weighted by atomic mass is 10.0. The summed E-state index contributed by atoms with van der Waals surface area (Å²) in [5, 5.41) is 27.7. The van der Waals surface area contributed by atoms with Gasteiger partial charge in [-0.1, -0.05) is 90.0 Å². The summed E-state index contributed by atoms with van der Waals surface area (Å²) in [5.74, 6) is -0.475. The Hall–Kier alpha value is -1.93. The molecule has 36 heavy (non-hydrogen) atoms. The molecule has 0 spiro atoms. The smallest absolute Gasteiger partial charge is 0.332 e. The van der Waals surface area contributed by atoms with E-state index in [0.717, 1.165) is 31.9 Å². The van der Waals surface area contributed by atoms with Crippen molar-refractivity contribution in [2.24, 2.45) is 4.99 Å². The molecular formula is C28H53N3O5. The van der Waals surface area contributed by atoms with Gasteiger partial charge in [-0.15, -0.1) is 0 Å². The molecule has 8 nitrogen and oxygen atoms in total. The van der Waals surface area contributed by atoms with E-state index in [-0.39, 0.29) is 5.91 Å². The van der Waals surface area contributed by atoms with Crippen LogP contribution in [0, 0.1) is 0 Å². The van der Waals surface area contributed by atoms with Crippen molar-refractivity contribution in [2.75, 3.05) is 26.2 Å². The van der Waals surface area contributed by atoms with E-state index in [1.165, 1.54) is 97.3 Å². The molecule has 1 heterocycles. The monoisotopic (exact) mass is 511 g/mol. The number of aliphatic hydroxyl groups excluding tert-OH is 2. The van der Waals surface area contributed by atoms with Crippen molar-refractivity contribution < 1.29 is 24.9 Å². The van der Waals surface area contributed by atoms with Crippen LogP contribution in [0.25, 0.3) is 0 Å². The molecule has 0 saturated carbocycles. The second kappa shape index (κ2) is 23.5. The summed E-state index contributed by atoms with van der Waals surface area (Å²) in [6.45, 7) is 7.96. The lowest BCUT2D eigenvalue weighted by Gasteiger charge is -2.19. The first kappa shape index (κ1) is 34.1. The fraction of sp³-hybridized carbons (Fsp3) is 0.821. The molecule has 8 heteroatoms. The average Bonchev–Trinajstić information content (AvgIpc) is 3.28. The zero-order valence-corrected chi connectivity index (χ0v) is 23.1. The third kappa shape index (κ3) is 20.3. The molecule has 0 bridgehead atoms. The summed E-state index contributed by atoms with van der Waals surface area (Å²) in [4.78, 5) is 27.6. The van der Waals surface area contributed by atoms with Gasteiger partial charge in [-0.25, -0.2) is 4.79 Å². The first-order valence-electron chi connectivity index (χ1n) is 14.1. The van der Waals surface area contributed by atoms with E-state index in [1.54, 1.807) is 0 Å². The number of hydrogen-bond acceptors (Lipinski definition) is 6. The highest BCUT2D eigenvalue weighted by molar-refractivity contribution is 5.94. The number of carboxylic acid groups (broad SMARTS) is 1. The molecule has 2 atom stereocenters. The molecule has 0 aromatic carbocycles. The van der Waals surface area contributed by atoms with Crippen molar-refractivity contribution in [2.45, 2.75) is 123 Å².